The topological polar surface area (TPSA) is 331 Å². The van der Waals surface area contributed by atoms with Crippen LogP contribution >= 0.6 is 0 Å². The predicted octanol–water partition coefficient (Wildman–Crippen LogP) is 4.44. The molecule has 0 unspecified atom stereocenters. The molecule has 3 aliphatic rings. The number of rotatable bonds is 5. The van der Waals surface area contributed by atoms with Crippen molar-refractivity contribution < 1.29 is 90.8 Å². The first-order chi connectivity index (χ1) is 29.9. The molecule has 9 rings (SSSR count). The van der Waals surface area contributed by atoms with Crippen molar-refractivity contribution in [2.45, 2.75) is 54.9 Å². The highest BCUT2D eigenvalue weighted by molar-refractivity contribution is 5.70. The van der Waals surface area contributed by atoms with Crippen LogP contribution in [0.25, 0.3) is 0 Å². The summed E-state index contributed by atoms with van der Waals surface area (Å²) in [4.78, 5) is 0. The summed E-state index contributed by atoms with van der Waals surface area (Å²) >= 11 is 0. The van der Waals surface area contributed by atoms with Crippen molar-refractivity contribution in [2.75, 3.05) is 0 Å². The van der Waals surface area contributed by atoms with E-state index in [1.165, 1.54) is 18.2 Å². The molecule has 0 saturated carbocycles. The van der Waals surface area contributed by atoms with Crippen LogP contribution in [0, 0.1) is 0 Å². The van der Waals surface area contributed by atoms with Gasteiger partial charge in [0, 0.05) is 58.5 Å². The lowest BCUT2D eigenvalue weighted by Crippen LogP contribution is -2.38. The number of aromatic hydroxyl groups is 12. The Morgan fingerprint density at radius 3 is 1.37 bits per heavy atom. The van der Waals surface area contributed by atoms with E-state index in [1.807, 2.05) is 0 Å². The molecule has 6 aromatic rings. The third-order valence-corrected chi connectivity index (χ3v) is 11.8. The zero-order chi connectivity index (χ0) is 44.9. The molecule has 0 fully saturated rings. The molecule has 18 nitrogen and oxygen atoms in total. The summed E-state index contributed by atoms with van der Waals surface area (Å²) in [7, 11) is 0. The Morgan fingerprint density at radius 1 is 0.381 bits per heavy atom. The Kier molecular flexibility index (Phi) is 9.46. The molecular formula is C45H38O18. The zero-order valence-electron chi connectivity index (χ0n) is 32.3. The molecule has 18 heteroatoms. The van der Waals surface area contributed by atoms with E-state index >= 15 is 0 Å². The Balaban J connectivity index is 1.29. The fourth-order valence-corrected chi connectivity index (χ4v) is 8.93. The minimum atomic E-state index is -1.90. The number of ether oxygens (including phenoxy) is 3. The van der Waals surface area contributed by atoms with Crippen LogP contribution in [0.3, 0.4) is 0 Å². The van der Waals surface area contributed by atoms with Crippen LogP contribution in [0.5, 0.6) is 86.2 Å². The second-order valence-corrected chi connectivity index (χ2v) is 15.7. The number of phenols is 12. The summed E-state index contributed by atoms with van der Waals surface area (Å²) in [5, 5.41) is 166. The number of phenolic OH excluding ortho intramolecular Hbond substituents is 12. The molecule has 0 bridgehead atoms. The second kappa shape index (κ2) is 14.7. The van der Waals surface area contributed by atoms with Crippen molar-refractivity contribution in [2.24, 2.45) is 0 Å². The van der Waals surface area contributed by atoms with Crippen LogP contribution < -0.4 is 14.2 Å². The van der Waals surface area contributed by atoms with Gasteiger partial charge < -0.3 is 90.8 Å². The van der Waals surface area contributed by atoms with Gasteiger partial charge in [0.2, 0.25) is 0 Å². The number of fused-ring (bicyclic) bond motifs is 3. The van der Waals surface area contributed by atoms with Crippen LogP contribution in [-0.2, 0) is 6.42 Å². The normalized spacial score (nSPS) is 23.6. The molecule has 0 amide bonds. The molecule has 326 valence electrons. The number of aliphatic hydroxyl groups excluding tert-OH is 3. The lowest BCUT2D eigenvalue weighted by atomic mass is 9.74. The van der Waals surface area contributed by atoms with Crippen molar-refractivity contribution in [1.29, 1.82) is 0 Å². The van der Waals surface area contributed by atoms with Crippen molar-refractivity contribution in [1.82, 2.24) is 0 Å². The number of aliphatic hydroxyl groups is 3. The minimum Gasteiger partial charge on any atom is -0.508 e. The van der Waals surface area contributed by atoms with Crippen LogP contribution in [-0.4, -0.2) is 94.9 Å². The Morgan fingerprint density at radius 2 is 0.841 bits per heavy atom. The first kappa shape index (κ1) is 40.6. The summed E-state index contributed by atoms with van der Waals surface area (Å²) in [5.41, 5.74) is -1.20. The van der Waals surface area contributed by atoms with Crippen LogP contribution in [0.15, 0.2) is 78.9 Å². The van der Waals surface area contributed by atoms with E-state index in [-0.39, 0.29) is 62.6 Å². The van der Waals surface area contributed by atoms with Gasteiger partial charge in [-0.25, -0.2) is 0 Å². The zero-order valence-corrected chi connectivity index (χ0v) is 32.3. The van der Waals surface area contributed by atoms with E-state index in [0.717, 1.165) is 60.7 Å². The summed E-state index contributed by atoms with van der Waals surface area (Å²) in [6, 6.07) is 14.6. The molecule has 3 aliphatic heterocycles. The number of benzene rings is 6. The van der Waals surface area contributed by atoms with Crippen molar-refractivity contribution in [3.63, 3.8) is 0 Å². The van der Waals surface area contributed by atoms with Crippen molar-refractivity contribution >= 4 is 0 Å². The maximum Gasteiger partial charge on any atom is 0.157 e. The van der Waals surface area contributed by atoms with E-state index in [2.05, 4.69) is 0 Å². The third-order valence-electron chi connectivity index (χ3n) is 11.8. The molecular weight excluding hydrogens is 828 g/mol. The molecule has 0 radical (unpaired) electrons. The quantitative estimate of drug-likeness (QED) is 0.106. The molecule has 0 spiro atoms. The van der Waals surface area contributed by atoms with Gasteiger partial charge >= 0.3 is 0 Å². The highest BCUT2D eigenvalue weighted by Crippen LogP contribution is 2.61. The second-order valence-electron chi connectivity index (χ2n) is 15.7. The lowest BCUT2D eigenvalue weighted by Gasteiger charge is -2.42. The molecule has 0 aliphatic carbocycles. The first-order valence-electron chi connectivity index (χ1n) is 19.3. The summed E-state index contributed by atoms with van der Waals surface area (Å²) < 4.78 is 18.6. The van der Waals surface area contributed by atoms with E-state index in [9.17, 15) is 76.6 Å². The molecule has 0 aromatic heterocycles. The number of hydrogen-bond donors (Lipinski definition) is 15. The van der Waals surface area contributed by atoms with Gasteiger partial charge in [0.1, 0.15) is 70.1 Å². The van der Waals surface area contributed by atoms with Gasteiger partial charge in [0.15, 0.2) is 46.7 Å². The highest BCUT2D eigenvalue weighted by Gasteiger charge is 2.50. The Hall–Kier alpha value is -7.80. The van der Waals surface area contributed by atoms with Gasteiger partial charge in [-0.2, -0.15) is 0 Å². The van der Waals surface area contributed by atoms with E-state index in [0.29, 0.717) is 0 Å². The van der Waals surface area contributed by atoms with Gasteiger partial charge in [0.05, 0.1) is 17.9 Å². The maximum atomic E-state index is 12.6. The molecule has 8 atom stereocenters. The summed E-state index contributed by atoms with van der Waals surface area (Å²) in [6.07, 6.45) is -9.81. The lowest BCUT2D eigenvalue weighted by molar-refractivity contribution is -0.000173. The fourth-order valence-electron chi connectivity index (χ4n) is 8.93. The molecule has 63 heavy (non-hydrogen) atoms. The van der Waals surface area contributed by atoms with E-state index in [1.54, 1.807) is 0 Å². The largest absolute Gasteiger partial charge is 0.508 e. The highest BCUT2D eigenvalue weighted by atomic mass is 16.5. The first-order valence-corrected chi connectivity index (χ1v) is 19.3. The van der Waals surface area contributed by atoms with Gasteiger partial charge in [0.25, 0.3) is 0 Å². The molecule has 6 aromatic carbocycles. The monoisotopic (exact) mass is 866 g/mol. The standard InChI is InChI=1S/C45H38O18/c46-18-10-27(54)33-31(11-18)61-43(16-2-5-21(48)25(52)8-16)40(59)37(33)34-29(56)14-32-36(39(34)58)38(41(60)44(62-32)17-3-6-22(49)26(53)9-17)35-28(55)13-23(50)19-12-30(57)42(63-45(19)35)15-1-4-20(47)24(51)7-15/h1-11,13-14,30,37-38,40-44,46-60H,12H2/t30-,37+,38+,40+,41+,42+,43+,44+/m0/s1. The van der Waals surface area contributed by atoms with Gasteiger partial charge in [-0.15, -0.1) is 0 Å². The average molecular weight is 867 g/mol. The summed E-state index contributed by atoms with van der Waals surface area (Å²) in [6.45, 7) is 0. The van der Waals surface area contributed by atoms with Crippen molar-refractivity contribution in [3.8, 4) is 86.2 Å². The number of hydrogen-bond acceptors (Lipinski definition) is 18. The van der Waals surface area contributed by atoms with Gasteiger partial charge in [-0.3, -0.25) is 0 Å². The molecule has 15 N–H and O–H groups in total. The maximum absolute atomic E-state index is 12.6. The van der Waals surface area contributed by atoms with Gasteiger partial charge in [-0.1, -0.05) is 18.2 Å². The van der Waals surface area contributed by atoms with Crippen LogP contribution in [0.4, 0.5) is 0 Å². The Labute approximate surface area is 354 Å². The van der Waals surface area contributed by atoms with E-state index in [4.69, 9.17) is 14.2 Å². The minimum absolute atomic E-state index is 0.0518. The predicted molar refractivity (Wildman–Crippen MR) is 214 cm³/mol. The van der Waals surface area contributed by atoms with Crippen molar-refractivity contribution in [3.05, 3.63) is 123 Å². The summed E-state index contributed by atoms with van der Waals surface area (Å²) in [5.74, 6) is -11.5. The molecule has 3 heterocycles. The SMILES string of the molecule is Oc1cc(O)c2c(c1)O[C@H](c1ccc(O)c(O)c1)[C@H](O)[C@H]2c1c(O)cc2c(c1O)[C@@H](c1c(O)cc(O)c3c1O[C@H](c1ccc(O)c(O)c1)[C@@H](O)C3)[C@@H](O)[C@@H](c1ccc(O)c(O)c1)O2. The molecule has 0 saturated heterocycles. The van der Waals surface area contributed by atoms with Crippen LogP contribution in [0.1, 0.15) is 74.7 Å². The average Bonchev–Trinajstić information content (AvgIpc) is 3.22. The smallest absolute Gasteiger partial charge is 0.157 e. The Bertz CT molecular complexity index is 2840. The van der Waals surface area contributed by atoms with Gasteiger partial charge in [-0.05, 0) is 53.1 Å². The fraction of sp³-hybridized carbons (Fsp3) is 0.200. The third kappa shape index (κ3) is 6.46. The van der Waals surface area contributed by atoms with Crippen LogP contribution in [0.2, 0.25) is 0 Å². The van der Waals surface area contributed by atoms with E-state index < -0.39 is 123 Å².